The molecule has 0 unspecified atom stereocenters. The molecule has 3 aromatic carbocycles. The monoisotopic (exact) mass is 450 g/mol. The number of thiophene rings is 1. The third kappa shape index (κ3) is 3.98. The maximum absolute atomic E-state index is 13.8. The van der Waals surface area contributed by atoms with E-state index < -0.39 is 0 Å². The van der Waals surface area contributed by atoms with Crippen molar-refractivity contribution in [1.29, 1.82) is 0 Å². The van der Waals surface area contributed by atoms with Gasteiger partial charge < -0.3 is 0 Å². The number of ketones is 1. The van der Waals surface area contributed by atoms with E-state index in [2.05, 4.69) is 62.4 Å². The molecule has 0 amide bonds. The van der Waals surface area contributed by atoms with E-state index in [4.69, 9.17) is 0 Å². The Hall–Kier alpha value is -2.97. The number of Topliss-reactive ketones (excluding diaryl/α,β-unsaturated/α-hetero) is 1. The highest BCUT2D eigenvalue weighted by Crippen LogP contribution is 2.46. The minimum absolute atomic E-state index is 0.149. The lowest BCUT2D eigenvalue weighted by molar-refractivity contribution is 0.105. The predicted octanol–water partition coefficient (Wildman–Crippen LogP) is 8.74. The number of fused-ring (bicyclic) bond motifs is 2. The van der Waals surface area contributed by atoms with E-state index in [0.29, 0.717) is 0 Å². The van der Waals surface area contributed by atoms with Gasteiger partial charge in [-0.2, -0.15) is 0 Å². The average Bonchev–Trinajstić information content (AvgIpc) is 3.34. The Balaban J connectivity index is 1.75. The van der Waals surface area contributed by atoms with Crippen LogP contribution >= 0.6 is 11.3 Å². The molecule has 1 aliphatic carbocycles. The zero-order valence-electron chi connectivity index (χ0n) is 19.5. The van der Waals surface area contributed by atoms with Crippen LogP contribution in [0.15, 0.2) is 72.8 Å². The van der Waals surface area contributed by atoms with E-state index in [9.17, 15) is 4.79 Å². The molecule has 5 rings (SSSR count). The SMILES string of the molecule is CCCCc1sc2cc3c(cc2c1CCCC)C(c1ccccc1)=C(c1ccccc1)C3=O. The second kappa shape index (κ2) is 9.49. The van der Waals surface area contributed by atoms with Gasteiger partial charge >= 0.3 is 0 Å². The summed E-state index contributed by atoms with van der Waals surface area (Å²) < 4.78 is 1.26. The van der Waals surface area contributed by atoms with Crippen LogP contribution < -0.4 is 0 Å². The van der Waals surface area contributed by atoms with Crippen LogP contribution in [0.2, 0.25) is 0 Å². The van der Waals surface area contributed by atoms with E-state index >= 15 is 0 Å². The van der Waals surface area contributed by atoms with E-state index in [1.54, 1.807) is 0 Å². The van der Waals surface area contributed by atoms with Crippen molar-refractivity contribution in [1.82, 2.24) is 0 Å². The molecule has 0 radical (unpaired) electrons. The number of carbonyl (C=O) groups is 1. The fourth-order valence-corrected chi connectivity index (χ4v) is 6.29. The van der Waals surface area contributed by atoms with Crippen molar-refractivity contribution in [3.05, 3.63) is 105 Å². The molecule has 1 heterocycles. The minimum atomic E-state index is 0.149. The fourth-order valence-electron chi connectivity index (χ4n) is 4.97. The third-order valence-electron chi connectivity index (χ3n) is 6.67. The largest absolute Gasteiger partial charge is 0.289 e. The lowest BCUT2D eigenvalue weighted by Gasteiger charge is -2.09. The third-order valence-corrected chi connectivity index (χ3v) is 7.92. The molecule has 0 N–H and O–H groups in total. The summed E-state index contributed by atoms with van der Waals surface area (Å²) in [6, 6.07) is 25.1. The Bertz CT molecular complexity index is 1330. The summed E-state index contributed by atoms with van der Waals surface area (Å²) in [5.74, 6) is 0.149. The van der Waals surface area contributed by atoms with Crippen LogP contribution in [0.4, 0.5) is 0 Å². The van der Waals surface area contributed by atoms with Gasteiger partial charge in [-0.25, -0.2) is 0 Å². The first-order valence-electron chi connectivity index (χ1n) is 12.2. The van der Waals surface area contributed by atoms with Gasteiger partial charge in [-0.15, -0.1) is 11.3 Å². The molecule has 0 saturated heterocycles. The molecule has 4 aromatic rings. The molecular formula is C31H30OS. The van der Waals surface area contributed by atoms with Crippen LogP contribution in [-0.2, 0) is 12.8 Å². The van der Waals surface area contributed by atoms with Gasteiger partial charge in [-0.3, -0.25) is 4.79 Å². The highest BCUT2D eigenvalue weighted by atomic mass is 32.1. The van der Waals surface area contributed by atoms with Gasteiger partial charge in [0, 0.05) is 26.3 Å². The van der Waals surface area contributed by atoms with Gasteiger partial charge in [-0.05, 0) is 65.5 Å². The highest BCUT2D eigenvalue weighted by molar-refractivity contribution is 7.19. The lowest BCUT2D eigenvalue weighted by atomic mass is 9.93. The van der Waals surface area contributed by atoms with Crippen LogP contribution in [0.3, 0.4) is 0 Å². The summed E-state index contributed by atoms with van der Waals surface area (Å²) in [6.45, 7) is 4.52. The van der Waals surface area contributed by atoms with Gasteiger partial charge in [0.1, 0.15) is 0 Å². The van der Waals surface area contributed by atoms with Crippen molar-refractivity contribution < 1.29 is 4.79 Å². The highest BCUT2D eigenvalue weighted by Gasteiger charge is 2.32. The second-order valence-electron chi connectivity index (χ2n) is 8.92. The van der Waals surface area contributed by atoms with Crippen LogP contribution in [-0.4, -0.2) is 5.78 Å². The van der Waals surface area contributed by atoms with Crippen molar-refractivity contribution in [2.45, 2.75) is 52.4 Å². The van der Waals surface area contributed by atoms with Crippen molar-refractivity contribution in [3.8, 4) is 0 Å². The summed E-state index contributed by atoms with van der Waals surface area (Å²) >= 11 is 1.91. The van der Waals surface area contributed by atoms with Gasteiger partial charge in [0.15, 0.2) is 5.78 Å². The topological polar surface area (TPSA) is 17.1 Å². The van der Waals surface area contributed by atoms with Gasteiger partial charge in [0.25, 0.3) is 0 Å². The fraction of sp³-hybridized carbons (Fsp3) is 0.258. The van der Waals surface area contributed by atoms with Gasteiger partial charge in [-0.1, -0.05) is 87.4 Å². The Morgan fingerprint density at radius 1 is 0.697 bits per heavy atom. The van der Waals surface area contributed by atoms with Crippen LogP contribution in [0, 0.1) is 0 Å². The Morgan fingerprint density at radius 2 is 1.30 bits per heavy atom. The maximum atomic E-state index is 13.8. The van der Waals surface area contributed by atoms with Crippen molar-refractivity contribution in [2.75, 3.05) is 0 Å². The molecule has 0 saturated carbocycles. The average molecular weight is 451 g/mol. The minimum Gasteiger partial charge on any atom is -0.289 e. The Labute approximate surface area is 200 Å². The molecule has 33 heavy (non-hydrogen) atoms. The zero-order valence-corrected chi connectivity index (χ0v) is 20.3. The molecule has 1 nitrogen and oxygen atoms in total. The normalized spacial score (nSPS) is 13.2. The summed E-state index contributed by atoms with van der Waals surface area (Å²) in [4.78, 5) is 15.3. The summed E-state index contributed by atoms with van der Waals surface area (Å²) in [7, 11) is 0. The van der Waals surface area contributed by atoms with Gasteiger partial charge in [0.2, 0.25) is 0 Å². The quantitative estimate of drug-likeness (QED) is 0.262. The Kier molecular flexibility index (Phi) is 6.28. The number of hydrogen-bond donors (Lipinski definition) is 0. The molecule has 1 aliphatic rings. The van der Waals surface area contributed by atoms with Crippen LogP contribution in [0.1, 0.15) is 77.0 Å². The van der Waals surface area contributed by atoms with Crippen molar-refractivity contribution in [2.24, 2.45) is 0 Å². The summed E-state index contributed by atoms with van der Waals surface area (Å²) in [5, 5.41) is 1.36. The molecule has 0 atom stereocenters. The number of allylic oxidation sites excluding steroid dienone is 1. The molecule has 1 aromatic heterocycles. The van der Waals surface area contributed by atoms with E-state index in [0.717, 1.165) is 46.2 Å². The Morgan fingerprint density at radius 3 is 1.94 bits per heavy atom. The molecule has 0 aliphatic heterocycles. The molecule has 2 heteroatoms. The molecule has 0 fully saturated rings. The lowest BCUT2D eigenvalue weighted by Crippen LogP contribution is -1.98. The number of hydrogen-bond acceptors (Lipinski definition) is 2. The number of benzene rings is 3. The first-order valence-corrected chi connectivity index (χ1v) is 13.0. The molecular weight excluding hydrogens is 420 g/mol. The smallest absolute Gasteiger partial charge is 0.194 e. The van der Waals surface area contributed by atoms with E-state index in [1.807, 2.05) is 35.6 Å². The van der Waals surface area contributed by atoms with Crippen LogP contribution in [0.25, 0.3) is 21.2 Å². The second-order valence-corrected chi connectivity index (χ2v) is 10.1. The van der Waals surface area contributed by atoms with Crippen molar-refractivity contribution >= 4 is 38.4 Å². The zero-order chi connectivity index (χ0) is 22.8. The summed E-state index contributed by atoms with van der Waals surface area (Å²) in [5.41, 5.74) is 7.47. The molecule has 0 bridgehead atoms. The maximum Gasteiger partial charge on any atom is 0.194 e. The predicted molar refractivity (Wildman–Crippen MR) is 142 cm³/mol. The van der Waals surface area contributed by atoms with Crippen LogP contribution in [0.5, 0.6) is 0 Å². The number of aryl methyl sites for hydroxylation is 2. The number of rotatable bonds is 8. The molecule has 166 valence electrons. The first-order chi connectivity index (χ1) is 16.2. The van der Waals surface area contributed by atoms with E-state index in [-0.39, 0.29) is 5.78 Å². The summed E-state index contributed by atoms with van der Waals surface area (Å²) in [6.07, 6.45) is 7.09. The standard InChI is InChI=1S/C31H30OS/c1-3-5-17-23-24-19-25-26(20-28(24)33-27(23)18-6-4-2)31(32)30(22-15-11-8-12-16-22)29(25)21-13-9-7-10-14-21/h7-16,19-20H,3-6,17-18H2,1-2H3. The van der Waals surface area contributed by atoms with Crippen molar-refractivity contribution in [3.63, 3.8) is 0 Å². The van der Waals surface area contributed by atoms with E-state index in [1.165, 1.54) is 46.2 Å². The van der Waals surface area contributed by atoms with Gasteiger partial charge in [0.05, 0.1) is 0 Å². The molecule has 0 spiro atoms. The first kappa shape index (κ1) is 21.9. The number of unbranched alkanes of at least 4 members (excludes halogenated alkanes) is 2. The number of carbonyl (C=O) groups excluding carboxylic acids is 1.